The Bertz CT molecular complexity index is 1440. The summed E-state index contributed by atoms with van der Waals surface area (Å²) in [5.74, 6) is 0.0317. The molecule has 0 spiro atoms. The normalized spacial score (nSPS) is 17.7. The van der Waals surface area contributed by atoms with Gasteiger partial charge in [-0.05, 0) is 25.8 Å². The van der Waals surface area contributed by atoms with Gasteiger partial charge in [0, 0.05) is 38.3 Å². The highest BCUT2D eigenvalue weighted by atomic mass is 32.2. The number of carbonyl (C=O) groups excluding carboxylic acids is 1. The number of sulfonamides is 1. The van der Waals surface area contributed by atoms with Crippen LogP contribution in [0.3, 0.4) is 0 Å². The average molecular weight is 515 g/mol. The van der Waals surface area contributed by atoms with E-state index in [9.17, 15) is 18.5 Å². The van der Waals surface area contributed by atoms with Gasteiger partial charge in [0.2, 0.25) is 15.9 Å². The molecular weight excluding hydrogens is 488 g/mol. The van der Waals surface area contributed by atoms with Crippen molar-refractivity contribution in [3.63, 3.8) is 0 Å². The summed E-state index contributed by atoms with van der Waals surface area (Å²) in [5.41, 5.74) is 0.847. The van der Waals surface area contributed by atoms with Crippen LogP contribution in [0.5, 0.6) is 0 Å². The molecule has 2 fully saturated rings. The summed E-state index contributed by atoms with van der Waals surface area (Å²) in [6.07, 6.45) is 4.17. The van der Waals surface area contributed by atoms with Gasteiger partial charge < -0.3 is 9.80 Å². The number of anilines is 1. The van der Waals surface area contributed by atoms with Gasteiger partial charge in [0.1, 0.15) is 21.1 Å². The quantitative estimate of drug-likeness (QED) is 0.526. The molecule has 2 aliphatic rings. The number of hydrogen-bond donors (Lipinski definition) is 1. The lowest BCUT2D eigenvalue weighted by Gasteiger charge is -2.37. The Morgan fingerprint density at radius 3 is 2.51 bits per heavy atom. The van der Waals surface area contributed by atoms with Crippen molar-refractivity contribution in [2.24, 2.45) is 5.92 Å². The maximum absolute atomic E-state index is 13.3. The van der Waals surface area contributed by atoms with E-state index >= 15 is 0 Å². The van der Waals surface area contributed by atoms with E-state index in [1.54, 1.807) is 16.7 Å². The number of rotatable bonds is 6. The minimum absolute atomic E-state index is 0.0442. The SMILES string of the molecule is Cc1nnc(-c2cnc3c(N4CCN(C(=O)C(C)C)CC4)cc(S(=O)(=O)NC4(C#N)CC4)cn23)s1. The number of aryl methyl sites for hydroxylation is 1. The molecule has 1 aliphatic carbocycles. The highest BCUT2D eigenvalue weighted by Gasteiger charge is 2.47. The molecule has 0 unspecified atom stereocenters. The molecule has 13 heteroatoms. The molecule has 1 saturated carbocycles. The first-order valence-electron chi connectivity index (χ1n) is 11.4. The van der Waals surface area contributed by atoms with Crippen LogP contribution < -0.4 is 9.62 Å². The summed E-state index contributed by atoms with van der Waals surface area (Å²) in [6, 6.07) is 3.68. The van der Waals surface area contributed by atoms with Crippen molar-refractivity contribution in [2.45, 2.75) is 44.0 Å². The van der Waals surface area contributed by atoms with Crippen LogP contribution >= 0.6 is 11.3 Å². The van der Waals surface area contributed by atoms with Gasteiger partial charge in [-0.15, -0.1) is 10.2 Å². The van der Waals surface area contributed by atoms with Crippen LogP contribution in [0.15, 0.2) is 23.4 Å². The zero-order valence-electron chi connectivity index (χ0n) is 19.7. The number of aromatic nitrogens is 4. The second kappa shape index (κ2) is 8.54. The number of carbonyl (C=O) groups is 1. The fourth-order valence-corrected chi connectivity index (χ4v) is 6.29. The minimum Gasteiger partial charge on any atom is -0.365 e. The lowest BCUT2D eigenvalue weighted by molar-refractivity contribution is -0.134. The van der Waals surface area contributed by atoms with Crippen LogP contribution in [0.4, 0.5) is 5.69 Å². The van der Waals surface area contributed by atoms with E-state index < -0.39 is 15.6 Å². The van der Waals surface area contributed by atoms with Crippen molar-refractivity contribution in [2.75, 3.05) is 31.1 Å². The molecule has 4 heterocycles. The van der Waals surface area contributed by atoms with Crippen molar-refractivity contribution in [3.05, 3.63) is 23.5 Å². The first kappa shape index (κ1) is 23.7. The third-order valence-electron chi connectivity index (χ3n) is 6.34. The number of nitriles is 1. The van der Waals surface area contributed by atoms with E-state index in [0.717, 1.165) is 5.01 Å². The number of fused-ring (bicyclic) bond motifs is 1. The smallest absolute Gasteiger partial charge is 0.243 e. The highest BCUT2D eigenvalue weighted by Crippen LogP contribution is 2.37. The van der Waals surface area contributed by atoms with Crippen LogP contribution in [0.1, 0.15) is 31.7 Å². The molecule has 5 rings (SSSR count). The first-order chi connectivity index (χ1) is 16.6. The zero-order chi connectivity index (χ0) is 25.0. The topological polar surface area (TPSA) is 137 Å². The third-order valence-corrected chi connectivity index (χ3v) is 8.70. The monoisotopic (exact) mass is 514 g/mol. The molecule has 0 aromatic carbocycles. The Labute approximate surface area is 207 Å². The molecule has 1 aliphatic heterocycles. The standard InChI is InChI=1S/C22H26N8O3S2/c1-14(2)21(31)29-8-6-28(7-9-29)17-10-16(35(32,33)27-22(13-23)4-5-22)12-30-18(11-24-19(17)30)20-26-25-15(3)34-20/h10-12,14,27H,4-9H2,1-3H3. The third kappa shape index (κ3) is 4.37. The average Bonchev–Trinajstić information content (AvgIpc) is 3.25. The number of nitrogens with zero attached hydrogens (tertiary/aromatic N) is 7. The number of nitrogens with one attached hydrogen (secondary N) is 1. The Kier molecular flexibility index (Phi) is 5.77. The molecule has 1 N–H and O–H groups in total. The van der Waals surface area contributed by atoms with E-state index in [0.29, 0.717) is 61.1 Å². The Morgan fingerprint density at radius 2 is 1.94 bits per heavy atom. The fourth-order valence-electron chi connectivity index (χ4n) is 4.19. The summed E-state index contributed by atoms with van der Waals surface area (Å²) in [6.45, 7) is 7.80. The number of piperazine rings is 1. The van der Waals surface area contributed by atoms with Gasteiger partial charge in [0.15, 0.2) is 10.7 Å². The molecule has 184 valence electrons. The molecule has 3 aromatic rings. The van der Waals surface area contributed by atoms with Gasteiger partial charge in [-0.2, -0.15) is 9.98 Å². The zero-order valence-corrected chi connectivity index (χ0v) is 21.4. The molecule has 1 amide bonds. The lowest BCUT2D eigenvalue weighted by atomic mass is 10.1. The van der Waals surface area contributed by atoms with E-state index in [4.69, 9.17) is 0 Å². The van der Waals surface area contributed by atoms with Gasteiger partial charge in [-0.1, -0.05) is 25.2 Å². The Hall–Kier alpha value is -3.08. The predicted octanol–water partition coefficient (Wildman–Crippen LogP) is 1.80. The van der Waals surface area contributed by atoms with Crippen LogP contribution in [-0.2, 0) is 14.8 Å². The van der Waals surface area contributed by atoms with Gasteiger partial charge >= 0.3 is 0 Å². The van der Waals surface area contributed by atoms with E-state index in [-0.39, 0.29) is 16.7 Å². The number of amides is 1. The van der Waals surface area contributed by atoms with Crippen molar-refractivity contribution in [1.82, 2.24) is 29.2 Å². The minimum atomic E-state index is -3.97. The maximum Gasteiger partial charge on any atom is 0.243 e. The Morgan fingerprint density at radius 1 is 1.23 bits per heavy atom. The van der Waals surface area contributed by atoms with Crippen LogP contribution in [0.2, 0.25) is 0 Å². The van der Waals surface area contributed by atoms with Crippen LogP contribution in [0, 0.1) is 24.2 Å². The Balaban J connectivity index is 1.57. The van der Waals surface area contributed by atoms with Crippen LogP contribution in [0.25, 0.3) is 16.3 Å². The molecule has 11 nitrogen and oxygen atoms in total. The number of pyridine rings is 1. The van der Waals surface area contributed by atoms with Crippen LogP contribution in [-0.4, -0.2) is 70.5 Å². The highest BCUT2D eigenvalue weighted by molar-refractivity contribution is 7.89. The van der Waals surface area contributed by atoms with E-state index in [2.05, 4.69) is 30.9 Å². The van der Waals surface area contributed by atoms with Crippen molar-refractivity contribution in [1.29, 1.82) is 5.26 Å². The summed E-state index contributed by atoms with van der Waals surface area (Å²) in [7, 11) is -3.97. The number of hydrogen-bond acceptors (Lipinski definition) is 9. The molecule has 0 atom stereocenters. The second-order valence-corrected chi connectivity index (χ2v) is 12.2. The van der Waals surface area contributed by atoms with E-state index in [1.807, 2.05) is 25.7 Å². The number of imidazole rings is 1. The summed E-state index contributed by atoms with van der Waals surface area (Å²) in [4.78, 5) is 21.0. The molecule has 0 radical (unpaired) electrons. The molecule has 35 heavy (non-hydrogen) atoms. The van der Waals surface area contributed by atoms with Gasteiger partial charge in [-0.25, -0.2) is 13.4 Å². The molecular formula is C22H26N8O3S2. The van der Waals surface area contributed by atoms with E-state index in [1.165, 1.54) is 17.5 Å². The predicted molar refractivity (Wildman–Crippen MR) is 130 cm³/mol. The summed E-state index contributed by atoms with van der Waals surface area (Å²) >= 11 is 1.40. The molecule has 0 bridgehead atoms. The van der Waals surface area contributed by atoms with Crippen molar-refractivity contribution < 1.29 is 13.2 Å². The van der Waals surface area contributed by atoms with Gasteiger partial charge in [0.25, 0.3) is 0 Å². The van der Waals surface area contributed by atoms with Gasteiger partial charge in [-0.3, -0.25) is 9.20 Å². The van der Waals surface area contributed by atoms with Crippen molar-refractivity contribution >= 4 is 38.6 Å². The largest absolute Gasteiger partial charge is 0.365 e. The second-order valence-electron chi connectivity index (χ2n) is 9.29. The van der Waals surface area contributed by atoms with Crippen molar-refractivity contribution in [3.8, 4) is 16.8 Å². The first-order valence-corrected chi connectivity index (χ1v) is 13.7. The van der Waals surface area contributed by atoms with Gasteiger partial charge in [0.05, 0.1) is 18.0 Å². The lowest BCUT2D eigenvalue weighted by Crippen LogP contribution is -2.50. The maximum atomic E-state index is 13.3. The molecule has 1 saturated heterocycles. The molecule has 3 aromatic heterocycles. The summed E-state index contributed by atoms with van der Waals surface area (Å²) in [5, 5.41) is 19.1. The summed E-state index contributed by atoms with van der Waals surface area (Å²) < 4.78 is 30.9. The fraction of sp³-hybridized carbons (Fsp3) is 0.500.